The normalized spacial score (nSPS) is 11.5. The average molecular weight is 283 g/mol. The molecule has 0 amide bonds. The third kappa shape index (κ3) is 2.68. The maximum atomic E-state index is 12.2. The minimum atomic E-state index is -3.60. The number of hydrogen-bond acceptors (Lipinski definition) is 5. The summed E-state index contributed by atoms with van der Waals surface area (Å²) in [5.74, 6) is 0.554. The van der Waals surface area contributed by atoms with Gasteiger partial charge in [0.2, 0.25) is 5.13 Å². The maximum absolute atomic E-state index is 12.2. The molecule has 0 atom stereocenters. The highest BCUT2D eigenvalue weighted by molar-refractivity contribution is 7.93. The quantitative estimate of drug-likeness (QED) is 0.938. The van der Waals surface area contributed by atoms with Gasteiger partial charge in [-0.2, -0.15) is 4.37 Å². The number of rotatable bonds is 3. The fourth-order valence-electron chi connectivity index (χ4n) is 1.51. The molecule has 0 aliphatic rings. The highest BCUT2D eigenvalue weighted by Crippen LogP contribution is 2.21. The van der Waals surface area contributed by atoms with E-state index in [1.807, 2.05) is 13.0 Å². The summed E-state index contributed by atoms with van der Waals surface area (Å²) in [6.45, 7) is 5.33. The molecule has 96 valence electrons. The van der Waals surface area contributed by atoms with E-state index in [1.54, 1.807) is 26.0 Å². The second-order valence-corrected chi connectivity index (χ2v) is 6.42. The lowest BCUT2D eigenvalue weighted by Crippen LogP contribution is -2.14. The van der Waals surface area contributed by atoms with Crippen LogP contribution in [0.5, 0.6) is 0 Å². The Bertz CT molecular complexity index is 677. The number of hydrogen-bond donors (Lipinski definition) is 1. The Kier molecular flexibility index (Phi) is 3.36. The Morgan fingerprint density at radius 3 is 2.56 bits per heavy atom. The first-order valence-corrected chi connectivity index (χ1v) is 7.54. The molecule has 1 aromatic heterocycles. The van der Waals surface area contributed by atoms with Crippen LogP contribution in [-0.4, -0.2) is 17.8 Å². The molecule has 2 rings (SSSR count). The Hall–Kier alpha value is -1.47. The second kappa shape index (κ2) is 4.66. The van der Waals surface area contributed by atoms with E-state index in [4.69, 9.17) is 0 Å². The van der Waals surface area contributed by atoms with Gasteiger partial charge >= 0.3 is 0 Å². The predicted octanol–water partition coefficient (Wildman–Crippen LogP) is 2.26. The zero-order valence-corrected chi connectivity index (χ0v) is 11.9. The Balaban J connectivity index is 2.39. The number of nitrogens with zero attached hydrogens (tertiary/aromatic N) is 2. The van der Waals surface area contributed by atoms with Gasteiger partial charge < -0.3 is 0 Å². The summed E-state index contributed by atoms with van der Waals surface area (Å²) in [6, 6.07) is 5.31. The van der Waals surface area contributed by atoms with Crippen molar-refractivity contribution in [2.24, 2.45) is 0 Å². The molecule has 0 aliphatic heterocycles. The van der Waals surface area contributed by atoms with Crippen LogP contribution in [0.1, 0.15) is 17.0 Å². The number of aryl methyl sites for hydroxylation is 3. The van der Waals surface area contributed by atoms with E-state index < -0.39 is 10.0 Å². The Morgan fingerprint density at radius 2 is 1.94 bits per heavy atom. The van der Waals surface area contributed by atoms with Gasteiger partial charge in [0.1, 0.15) is 5.82 Å². The van der Waals surface area contributed by atoms with Gasteiger partial charge in [0, 0.05) is 11.5 Å². The predicted molar refractivity (Wildman–Crippen MR) is 71.4 cm³/mol. The minimum Gasteiger partial charge on any atom is -0.253 e. The van der Waals surface area contributed by atoms with Gasteiger partial charge in [0.15, 0.2) is 0 Å². The molecule has 1 N–H and O–H groups in total. The molecule has 0 spiro atoms. The maximum Gasteiger partial charge on any atom is 0.263 e. The number of nitrogens with one attached hydrogen (secondary N) is 1. The summed E-state index contributed by atoms with van der Waals surface area (Å²) in [6.07, 6.45) is 0. The zero-order chi connectivity index (χ0) is 13.3. The van der Waals surface area contributed by atoms with Gasteiger partial charge in [-0.1, -0.05) is 12.1 Å². The van der Waals surface area contributed by atoms with Crippen molar-refractivity contribution in [1.82, 2.24) is 9.36 Å². The molecule has 0 unspecified atom stereocenters. The smallest absolute Gasteiger partial charge is 0.253 e. The fraction of sp³-hybridized carbons (Fsp3) is 0.273. The van der Waals surface area contributed by atoms with Crippen LogP contribution in [0.2, 0.25) is 0 Å². The molecule has 0 saturated carbocycles. The van der Waals surface area contributed by atoms with E-state index in [2.05, 4.69) is 14.1 Å². The third-order valence-corrected chi connectivity index (χ3v) is 4.71. The third-order valence-electron chi connectivity index (χ3n) is 2.38. The van der Waals surface area contributed by atoms with Crippen molar-refractivity contribution in [3.8, 4) is 0 Å². The molecule has 0 radical (unpaired) electrons. The zero-order valence-electron chi connectivity index (χ0n) is 10.3. The average Bonchev–Trinajstić information content (AvgIpc) is 2.66. The van der Waals surface area contributed by atoms with Gasteiger partial charge in [-0.15, -0.1) is 0 Å². The summed E-state index contributed by atoms with van der Waals surface area (Å²) < 4.78 is 30.8. The van der Waals surface area contributed by atoms with E-state index in [0.717, 1.165) is 17.1 Å². The van der Waals surface area contributed by atoms with Gasteiger partial charge in [0.05, 0.1) is 4.90 Å². The Labute approximate surface area is 110 Å². The first-order valence-electron chi connectivity index (χ1n) is 5.29. The molecule has 2 aromatic rings. The molecule has 1 aromatic carbocycles. The van der Waals surface area contributed by atoms with E-state index in [1.165, 1.54) is 0 Å². The van der Waals surface area contributed by atoms with Gasteiger partial charge in [-0.25, -0.2) is 13.4 Å². The first kappa shape index (κ1) is 13.0. The lowest BCUT2D eigenvalue weighted by molar-refractivity contribution is 0.600. The van der Waals surface area contributed by atoms with Gasteiger partial charge in [-0.3, -0.25) is 4.72 Å². The van der Waals surface area contributed by atoms with Crippen molar-refractivity contribution < 1.29 is 8.42 Å². The summed E-state index contributed by atoms with van der Waals surface area (Å²) in [7, 11) is -3.60. The van der Waals surface area contributed by atoms with Crippen LogP contribution >= 0.6 is 11.5 Å². The largest absolute Gasteiger partial charge is 0.263 e. The van der Waals surface area contributed by atoms with Crippen molar-refractivity contribution in [2.45, 2.75) is 25.7 Å². The topological polar surface area (TPSA) is 72.0 Å². The summed E-state index contributed by atoms with van der Waals surface area (Å²) in [5.41, 5.74) is 1.60. The molecule has 18 heavy (non-hydrogen) atoms. The molecule has 0 fully saturated rings. The van der Waals surface area contributed by atoms with E-state index in [0.29, 0.717) is 11.4 Å². The van der Waals surface area contributed by atoms with Gasteiger partial charge in [-0.05, 0) is 38.0 Å². The van der Waals surface area contributed by atoms with Crippen LogP contribution in [0.3, 0.4) is 0 Å². The van der Waals surface area contributed by atoms with E-state index in [9.17, 15) is 8.42 Å². The number of aromatic nitrogens is 2. The standard InChI is InChI=1S/C11H13N3O2S2/c1-7-4-5-8(2)10(6-7)18(15,16)14-11-12-9(3)13-17-11/h4-6H,1-3H3,(H,12,13,14). The van der Waals surface area contributed by atoms with Crippen LogP contribution in [0.25, 0.3) is 0 Å². The first-order chi connectivity index (χ1) is 8.38. The molecule has 0 bridgehead atoms. The highest BCUT2D eigenvalue weighted by Gasteiger charge is 2.18. The number of anilines is 1. The minimum absolute atomic E-state index is 0.273. The lowest BCUT2D eigenvalue weighted by atomic mass is 10.2. The Morgan fingerprint density at radius 1 is 1.22 bits per heavy atom. The monoisotopic (exact) mass is 283 g/mol. The summed E-state index contributed by atoms with van der Waals surface area (Å²) >= 11 is 1.03. The van der Waals surface area contributed by atoms with Crippen LogP contribution in [0, 0.1) is 20.8 Å². The fourth-order valence-corrected chi connectivity index (χ4v) is 3.63. The van der Waals surface area contributed by atoms with Crippen molar-refractivity contribution in [2.75, 3.05) is 4.72 Å². The van der Waals surface area contributed by atoms with Gasteiger partial charge in [0.25, 0.3) is 10.0 Å². The molecule has 1 heterocycles. The van der Waals surface area contributed by atoms with Crippen LogP contribution in [0.15, 0.2) is 23.1 Å². The number of benzene rings is 1. The summed E-state index contributed by atoms with van der Waals surface area (Å²) in [4.78, 5) is 4.26. The molecular weight excluding hydrogens is 270 g/mol. The van der Waals surface area contributed by atoms with Crippen LogP contribution in [0.4, 0.5) is 5.13 Å². The molecule has 0 aliphatic carbocycles. The van der Waals surface area contributed by atoms with Crippen molar-refractivity contribution in [3.63, 3.8) is 0 Å². The van der Waals surface area contributed by atoms with Crippen molar-refractivity contribution in [1.29, 1.82) is 0 Å². The second-order valence-electron chi connectivity index (χ2n) is 4.02. The van der Waals surface area contributed by atoms with Crippen LogP contribution in [-0.2, 0) is 10.0 Å². The SMILES string of the molecule is Cc1ccc(C)c(S(=O)(=O)Nc2nc(C)ns2)c1. The molecule has 5 nitrogen and oxygen atoms in total. The summed E-state index contributed by atoms with van der Waals surface area (Å²) in [5, 5.41) is 0.286. The molecule has 0 saturated heterocycles. The van der Waals surface area contributed by atoms with Crippen molar-refractivity contribution >= 4 is 26.7 Å². The van der Waals surface area contributed by atoms with E-state index >= 15 is 0 Å². The molecule has 7 heteroatoms. The lowest BCUT2D eigenvalue weighted by Gasteiger charge is -2.08. The number of sulfonamides is 1. The highest BCUT2D eigenvalue weighted by atomic mass is 32.2. The van der Waals surface area contributed by atoms with E-state index in [-0.39, 0.29) is 10.0 Å². The molecular formula is C11H13N3O2S2. The van der Waals surface area contributed by atoms with Crippen LogP contribution < -0.4 is 4.72 Å². The van der Waals surface area contributed by atoms with Crippen molar-refractivity contribution in [3.05, 3.63) is 35.2 Å².